The topological polar surface area (TPSA) is 52.2 Å². The quantitative estimate of drug-likeness (QED) is 0.924. The van der Waals surface area contributed by atoms with E-state index in [1.54, 1.807) is 6.07 Å². The van der Waals surface area contributed by atoms with Crippen molar-refractivity contribution in [2.75, 3.05) is 31.1 Å². The number of anilines is 1. The van der Waals surface area contributed by atoms with E-state index in [0.717, 1.165) is 43.9 Å². The van der Waals surface area contributed by atoms with Gasteiger partial charge in [0.05, 0.1) is 0 Å². The van der Waals surface area contributed by atoms with Gasteiger partial charge in [0.2, 0.25) is 0 Å². The van der Waals surface area contributed by atoms with E-state index in [1.807, 2.05) is 0 Å². The minimum Gasteiger partial charge on any atom is -0.354 e. The predicted octanol–water partition coefficient (Wildman–Crippen LogP) is 1.96. The molecule has 1 aliphatic carbocycles. The Morgan fingerprint density at radius 3 is 2.48 bits per heavy atom. The standard InChI is InChI=1S/C16H26N4O/c1-12(2)16-17-14(11-15(21)18-16)20-9-7-19(8-10-20)13-5-3-4-6-13/h11-13H,3-10H2,1-2H3,(H,17,18,21). The lowest BCUT2D eigenvalue weighted by molar-refractivity contribution is 0.187. The largest absolute Gasteiger partial charge is 0.354 e. The first kappa shape index (κ1) is 14.6. The Hall–Kier alpha value is -1.36. The molecule has 0 amide bonds. The van der Waals surface area contributed by atoms with Crippen molar-refractivity contribution in [2.45, 2.75) is 51.5 Å². The first-order valence-corrected chi connectivity index (χ1v) is 8.24. The first-order valence-electron chi connectivity index (χ1n) is 8.24. The van der Waals surface area contributed by atoms with Gasteiger partial charge in [-0.3, -0.25) is 9.69 Å². The number of aromatic amines is 1. The van der Waals surface area contributed by atoms with Gasteiger partial charge in [0.25, 0.3) is 5.56 Å². The number of rotatable bonds is 3. The first-order chi connectivity index (χ1) is 10.1. The van der Waals surface area contributed by atoms with Crippen molar-refractivity contribution < 1.29 is 0 Å². The fourth-order valence-electron chi connectivity index (χ4n) is 3.48. The second-order valence-electron chi connectivity index (χ2n) is 6.60. The van der Waals surface area contributed by atoms with Crippen LogP contribution in [0.3, 0.4) is 0 Å². The van der Waals surface area contributed by atoms with Crippen LogP contribution in [0.1, 0.15) is 51.3 Å². The SMILES string of the molecule is CC(C)c1nc(N2CCN(C3CCCC3)CC2)cc(=O)[nH]1. The average Bonchev–Trinajstić information content (AvgIpc) is 3.01. The zero-order valence-corrected chi connectivity index (χ0v) is 13.1. The van der Waals surface area contributed by atoms with Crippen molar-refractivity contribution in [1.29, 1.82) is 0 Å². The monoisotopic (exact) mass is 290 g/mol. The van der Waals surface area contributed by atoms with Crippen molar-refractivity contribution in [3.63, 3.8) is 0 Å². The smallest absolute Gasteiger partial charge is 0.252 e. The molecule has 0 unspecified atom stereocenters. The molecular formula is C16H26N4O. The molecule has 2 heterocycles. The number of nitrogens with one attached hydrogen (secondary N) is 1. The van der Waals surface area contributed by atoms with Crippen LogP contribution >= 0.6 is 0 Å². The van der Waals surface area contributed by atoms with E-state index < -0.39 is 0 Å². The normalized spacial score (nSPS) is 21.4. The summed E-state index contributed by atoms with van der Waals surface area (Å²) in [5, 5.41) is 0. The van der Waals surface area contributed by atoms with Crippen molar-refractivity contribution in [3.8, 4) is 0 Å². The van der Waals surface area contributed by atoms with Crippen LogP contribution in [-0.2, 0) is 0 Å². The Labute approximate surface area is 126 Å². The molecule has 1 aromatic heterocycles. The Morgan fingerprint density at radius 2 is 1.86 bits per heavy atom. The predicted molar refractivity (Wildman–Crippen MR) is 85.0 cm³/mol. The summed E-state index contributed by atoms with van der Waals surface area (Å²) < 4.78 is 0. The van der Waals surface area contributed by atoms with Crippen molar-refractivity contribution >= 4 is 5.82 Å². The Balaban J connectivity index is 1.67. The molecule has 2 fully saturated rings. The maximum atomic E-state index is 11.8. The molecule has 21 heavy (non-hydrogen) atoms. The number of aromatic nitrogens is 2. The molecule has 1 N–H and O–H groups in total. The number of H-pyrrole nitrogens is 1. The van der Waals surface area contributed by atoms with E-state index in [2.05, 4.69) is 33.6 Å². The highest BCUT2D eigenvalue weighted by Gasteiger charge is 2.26. The van der Waals surface area contributed by atoms with Gasteiger partial charge in [-0.25, -0.2) is 4.98 Å². The van der Waals surface area contributed by atoms with Gasteiger partial charge in [-0.05, 0) is 12.8 Å². The lowest BCUT2D eigenvalue weighted by Gasteiger charge is -2.38. The Bertz CT molecular complexity index is 525. The molecule has 0 atom stereocenters. The summed E-state index contributed by atoms with van der Waals surface area (Å²) in [6, 6.07) is 2.43. The number of hydrogen-bond acceptors (Lipinski definition) is 4. The number of hydrogen-bond donors (Lipinski definition) is 1. The zero-order valence-electron chi connectivity index (χ0n) is 13.1. The molecule has 1 aliphatic heterocycles. The van der Waals surface area contributed by atoms with Gasteiger partial charge in [0, 0.05) is 44.2 Å². The lowest BCUT2D eigenvalue weighted by Crippen LogP contribution is -2.50. The van der Waals surface area contributed by atoms with Crippen LogP contribution < -0.4 is 10.5 Å². The third-order valence-electron chi connectivity index (χ3n) is 4.77. The molecule has 116 valence electrons. The van der Waals surface area contributed by atoms with Crippen LogP contribution in [0, 0.1) is 0 Å². The van der Waals surface area contributed by atoms with Crippen LogP contribution in [0.5, 0.6) is 0 Å². The van der Waals surface area contributed by atoms with Gasteiger partial charge < -0.3 is 9.88 Å². The van der Waals surface area contributed by atoms with Crippen LogP contribution in [-0.4, -0.2) is 47.1 Å². The van der Waals surface area contributed by atoms with E-state index in [0.29, 0.717) is 0 Å². The molecule has 1 saturated heterocycles. The highest BCUT2D eigenvalue weighted by atomic mass is 16.1. The van der Waals surface area contributed by atoms with Gasteiger partial charge in [0.15, 0.2) is 0 Å². The maximum absolute atomic E-state index is 11.8. The summed E-state index contributed by atoms with van der Waals surface area (Å²) in [5.74, 6) is 1.88. The third kappa shape index (κ3) is 3.28. The molecule has 1 aromatic rings. The number of nitrogens with zero attached hydrogens (tertiary/aromatic N) is 3. The summed E-state index contributed by atoms with van der Waals surface area (Å²) in [6.07, 6.45) is 5.50. The molecule has 0 radical (unpaired) electrons. The van der Waals surface area contributed by atoms with Crippen molar-refractivity contribution in [2.24, 2.45) is 0 Å². The van der Waals surface area contributed by atoms with E-state index in [1.165, 1.54) is 25.7 Å². The van der Waals surface area contributed by atoms with Crippen molar-refractivity contribution in [1.82, 2.24) is 14.9 Å². The second kappa shape index (κ2) is 6.18. The highest BCUT2D eigenvalue weighted by Crippen LogP contribution is 2.25. The molecule has 0 aromatic carbocycles. The van der Waals surface area contributed by atoms with Gasteiger partial charge in [-0.15, -0.1) is 0 Å². The highest BCUT2D eigenvalue weighted by molar-refractivity contribution is 5.38. The molecule has 3 rings (SSSR count). The lowest BCUT2D eigenvalue weighted by atomic mass is 10.2. The molecule has 2 aliphatic rings. The van der Waals surface area contributed by atoms with Crippen LogP contribution in [0.25, 0.3) is 0 Å². The van der Waals surface area contributed by atoms with Gasteiger partial charge in [-0.1, -0.05) is 26.7 Å². The second-order valence-corrected chi connectivity index (χ2v) is 6.60. The van der Waals surface area contributed by atoms with Crippen LogP contribution in [0.15, 0.2) is 10.9 Å². The van der Waals surface area contributed by atoms with Crippen LogP contribution in [0.4, 0.5) is 5.82 Å². The summed E-state index contributed by atoms with van der Waals surface area (Å²) in [6.45, 7) is 8.25. The Morgan fingerprint density at radius 1 is 1.19 bits per heavy atom. The summed E-state index contributed by atoms with van der Waals surface area (Å²) in [4.78, 5) is 24.1. The number of piperazine rings is 1. The molecule has 0 bridgehead atoms. The van der Waals surface area contributed by atoms with E-state index in [4.69, 9.17) is 0 Å². The molecule has 5 nitrogen and oxygen atoms in total. The van der Waals surface area contributed by atoms with Crippen LogP contribution in [0.2, 0.25) is 0 Å². The van der Waals surface area contributed by atoms with E-state index in [9.17, 15) is 4.79 Å². The van der Waals surface area contributed by atoms with Gasteiger partial charge in [-0.2, -0.15) is 0 Å². The maximum Gasteiger partial charge on any atom is 0.252 e. The summed E-state index contributed by atoms with van der Waals surface area (Å²) in [5.41, 5.74) is -0.0399. The fraction of sp³-hybridized carbons (Fsp3) is 0.750. The van der Waals surface area contributed by atoms with Gasteiger partial charge in [0.1, 0.15) is 11.6 Å². The fourth-order valence-corrected chi connectivity index (χ4v) is 3.48. The summed E-state index contributed by atoms with van der Waals surface area (Å²) >= 11 is 0. The van der Waals surface area contributed by atoms with Crippen molar-refractivity contribution in [3.05, 3.63) is 22.2 Å². The molecule has 5 heteroatoms. The third-order valence-corrected chi connectivity index (χ3v) is 4.77. The average molecular weight is 290 g/mol. The summed E-state index contributed by atoms with van der Waals surface area (Å²) in [7, 11) is 0. The minimum absolute atomic E-state index is 0.0399. The molecule has 1 saturated carbocycles. The Kier molecular flexibility index (Phi) is 4.29. The minimum atomic E-state index is -0.0399. The van der Waals surface area contributed by atoms with Gasteiger partial charge >= 0.3 is 0 Å². The van der Waals surface area contributed by atoms with E-state index in [-0.39, 0.29) is 11.5 Å². The molecule has 0 spiro atoms. The zero-order chi connectivity index (χ0) is 14.8. The van der Waals surface area contributed by atoms with E-state index >= 15 is 0 Å². The molecular weight excluding hydrogens is 264 g/mol.